The van der Waals surface area contributed by atoms with Crippen molar-refractivity contribution in [3.8, 4) is 0 Å². The summed E-state index contributed by atoms with van der Waals surface area (Å²) in [5.74, 6) is 0. The topological polar surface area (TPSA) is 20.2 Å². The third kappa shape index (κ3) is 20.7. The van der Waals surface area contributed by atoms with Crippen LogP contribution in [0.3, 0.4) is 0 Å². The summed E-state index contributed by atoms with van der Waals surface area (Å²) in [6.07, 6.45) is 16.5. The van der Waals surface area contributed by atoms with Gasteiger partial charge in [0.2, 0.25) is 0 Å². The van der Waals surface area contributed by atoms with E-state index in [0.29, 0.717) is 0 Å². The van der Waals surface area contributed by atoms with Crippen molar-refractivity contribution in [2.75, 3.05) is 0 Å². The molecule has 0 aromatic rings. The van der Waals surface area contributed by atoms with Crippen LogP contribution in [0.2, 0.25) is 18.1 Å². The van der Waals surface area contributed by atoms with E-state index >= 15 is 0 Å². The Kier molecular flexibility index (Phi) is 20.7. The second-order valence-electron chi connectivity index (χ2n) is 7.63. The standard InChI is InChI=1S/C6H16OSi.2C5H10.C3H5.Zr/c1-6(2,3)8(4,5)7;2*1-2-4-5-3-1;1-3-2;/h7H,1-5H3;2*1-5H2;3H,1-2H2;/q;;;-1;+3. The molecule has 2 fully saturated rings. The second kappa shape index (κ2) is 16.5. The molecule has 1 N–H and O–H groups in total. The predicted molar refractivity (Wildman–Crippen MR) is 101 cm³/mol. The van der Waals surface area contributed by atoms with Gasteiger partial charge >= 0.3 is 26.2 Å². The SMILES string of the molecule is C1CCCC1.C1CCCC1.C=C[CH2-].CC(C)(C)[Si](C)(C)O.[Zr+3]. The number of allylic oxidation sites excluding steroid dienone is 1. The van der Waals surface area contributed by atoms with Crippen LogP contribution in [0.1, 0.15) is 85.0 Å². The normalized spacial score (nSPS) is 16.6. The van der Waals surface area contributed by atoms with Crippen molar-refractivity contribution >= 4 is 8.32 Å². The first kappa shape index (κ1) is 27.5. The van der Waals surface area contributed by atoms with Crippen LogP contribution in [0.25, 0.3) is 0 Å². The Morgan fingerprint density at radius 1 is 0.818 bits per heavy atom. The van der Waals surface area contributed by atoms with Gasteiger partial charge in [0.05, 0.1) is 0 Å². The summed E-state index contributed by atoms with van der Waals surface area (Å²) in [7, 11) is -1.86. The van der Waals surface area contributed by atoms with E-state index < -0.39 is 8.32 Å². The molecule has 2 aliphatic rings. The van der Waals surface area contributed by atoms with Crippen LogP contribution in [0, 0.1) is 6.92 Å². The molecule has 0 aliphatic heterocycles. The fourth-order valence-corrected chi connectivity index (χ4v) is 1.77. The van der Waals surface area contributed by atoms with Crippen molar-refractivity contribution in [3.05, 3.63) is 19.6 Å². The first-order valence-electron chi connectivity index (χ1n) is 8.79. The van der Waals surface area contributed by atoms with Crippen LogP contribution < -0.4 is 0 Å². The molecule has 0 saturated heterocycles. The minimum Gasteiger partial charge on any atom is -0.432 e. The number of rotatable bonds is 0. The molecule has 2 aliphatic carbocycles. The van der Waals surface area contributed by atoms with Gasteiger partial charge in [-0.25, -0.2) is 19.6 Å². The Morgan fingerprint density at radius 3 is 0.955 bits per heavy atom. The Morgan fingerprint density at radius 2 is 0.909 bits per heavy atom. The molecular weight excluding hydrogens is 364 g/mol. The summed E-state index contributed by atoms with van der Waals surface area (Å²) in [6.45, 7) is 16.7. The van der Waals surface area contributed by atoms with Gasteiger partial charge in [-0.15, -0.1) is 0 Å². The van der Waals surface area contributed by atoms with Crippen molar-refractivity contribution in [2.24, 2.45) is 0 Å². The van der Waals surface area contributed by atoms with Gasteiger partial charge in [0.15, 0.2) is 8.32 Å². The zero-order chi connectivity index (χ0) is 16.8. The summed E-state index contributed by atoms with van der Waals surface area (Å²) < 4.78 is 0. The van der Waals surface area contributed by atoms with Crippen LogP contribution in [-0.4, -0.2) is 13.1 Å². The largest absolute Gasteiger partial charge is 3.00 e. The minimum atomic E-state index is -1.86. The van der Waals surface area contributed by atoms with Crippen LogP contribution in [0.4, 0.5) is 0 Å². The van der Waals surface area contributed by atoms with Crippen LogP contribution in [0.5, 0.6) is 0 Å². The van der Waals surface area contributed by atoms with E-state index in [-0.39, 0.29) is 31.2 Å². The Bertz CT molecular complexity index is 183. The van der Waals surface area contributed by atoms with Crippen LogP contribution in [0.15, 0.2) is 12.7 Å². The second-order valence-corrected chi connectivity index (χ2v) is 12.3. The molecule has 0 aromatic heterocycles. The Balaban J connectivity index is -0.000000227. The van der Waals surface area contributed by atoms with Crippen LogP contribution >= 0.6 is 0 Å². The maximum atomic E-state index is 9.49. The van der Waals surface area contributed by atoms with Gasteiger partial charge in [0.1, 0.15) is 0 Å². The minimum absolute atomic E-state index is 0. The molecule has 0 aromatic carbocycles. The number of hydrogen-bond acceptors (Lipinski definition) is 1. The van der Waals surface area contributed by atoms with E-state index in [4.69, 9.17) is 0 Å². The smallest absolute Gasteiger partial charge is 0.432 e. The van der Waals surface area contributed by atoms with Gasteiger partial charge in [0, 0.05) is 0 Å². The number of hydrogen-bond donors (Lipinski definition) is 1. The van der Waals surface area contributed by atoms with Gasteiger partial charge in [-0.3, -0.25) is 0 Å². The van der Waals surface area contributed by atoms with Gasteiger partial charge < -0.3 is 4.80 Å². The van der Waals surface area contributed by atoms with Gasteiger partial charge in [0.25, 0.3) is 0 Å². The van der Waals surface area contributed by atoms with Crippen molar-refractivity contribution < 1.29 is 31.0 Å². The maximum Gasteiger partial charge on any atom is 3.00 e. The van der Waals surface area contributed by atoms with E-state index in [1.807, 2.05) is 13.1 Å². The van der Waals surface area contributed by atoms with Crippen molar-refractivity contribution in [3.63, 3.8) is 0 Å². The van der Waals surface area contributed by atoms with E-state index in [9.17, 15) is 4.80 Å². The molecule has 1 nitrogen and oxygen atoms in total. The molecule has 0 atom stereocenters. The third-order valence-corrected chi connectivity index (χ3v) is 8.01. The van der Waals surface area contributed by atoms with Crippen LogP contribution in [-0.2, 0) is 26.2 Å². The molecule has 129 valence electrons. The van der Waals surface area contributed by atoms with Crippen molar-refractivity contribution in [2.45, 2.75) is 103 Å². The summed E-state index contributed by atoms with van der Waals surface area (Å²) in [5, 5.41) is 0.132. The average Bonchev–Trinajstić information content (AvgIpc) is 3.08. The molecule has 1 radical (unpaired) electrons. The molecule has 0 heterocycles. The molecule has 0 bridgehead atoms. The molecule has 0 unspecified atom stereocenters. The molecule has 22 heavy (non-hydrogen) atoms. The van der Waals surface area contributed by atoms with Gasteiger partial charge in [-0.05, 0) is 18.1 Å². The first-order chi connectivity index (χ1) is 9.66. The average molecular weight is 405 g/mol. The monoisotopic (exact) mass is 403 g/mol. The summed E-state index contributed by atoms with van der Waals surface area (Å²) in [5.41, 5.74) is 0. The molecule has 3 heteroatoms. The van der Waals surface area contributed by atoms with E-state index in [1.165, 1.54) is 70.3 Å². The summed E-state index contributed by atoms with van der Waals surface area (Å²) in [6, 6.07) is 0. The van der Waals surface area contributed by atoms with Gasteiger partial charge in [-0.1, -0.05) is 85.0 Å². The zero-order valence-electron chi connectivity index (χ0n) is 16.0. The fraction of sp³-hybridized carbons (Fsp3) is 0.842. The summed E-state index contributed by atoms with van der Waals surface area (Å²) >= 11 is 0. The predicted octanol–water partition coefficient (Wildman–Crippen LogP) is 6.89. The van der Waals surface area contributed by atoms with Crippen molar-refractivity contribution in [1.29, 1.82) is 0 Å². The fourth-order valence-electron chi connectivity index (χ4n) is 1.77. The Labute approximate surface area is 161 Å². The molecule has 2 rings (SSSR count). The zero-order valence-corrected chi connectivity index (χ0v) is 19.5. The Hall–Kier alpha value is 0.670. The maximum absolute atomic E-state index is 9.49. The first-order valence-corrected chi connectivity index (χ1v) is 11.7. The molecule has 0 amide bonds. The molecular formula is C19H41OSiZr+2. The van der Waals surface area contributed by atoms with E-state index in [2.05, 4.69) is 34.3 Å². The van der Waals surface area contributed by atoms with E-state index in [0.717, 1.165) is 0 Å². The van der Waals surface area contributed by atoms with Gasteiger partial charge in [-0.2, -0.15) is 0 Å². The van der Waals surface area contributed by atoms with E-state index in [1.54, 1.807) is 0 Å². The summed E-state index contributed by atoms with van der Waals surface area (Å²) in [4.78, 5) is 9.49. The molecule has 0 spiro atoms. The third-order valence-electron chi connectivity index (χ3n) is 4.34. The quantitative estimate of drug-likeness (QED) is 0.344. The molecule has 2 saturated carbocycles. The van der Waals surface area contributed by atoms with Crippen molar-refractivity contribution in [1.82, 2.24) is 0 Å².